The average molecular weight is 496 g/mol. The highest BCUT2D eigenvalue weighted by Gasteiger charge is 2.17. The van der Waals surface area contributed by atoms with E-state index in [1.165, 1.54) is 37.8 Å². The third kappa shape index (κ3) is 4.87. The fourth-order valence-electron chi connectivity index (χ4n) is 3.85. The summed E-state index contributed by atoms with van der Waals surface area (Å²) in [6, 6.07) is 16.3. The number of carbonyl (C=O) groups excluding carboxylic acids is 1. The van der Waals surface area contributed by atoms with Gasteiger partial charge in [0.05, 0.1) is 18.8 Å². The molecule has 0 aliphatic carbocycles. The molecule has 0 spiro atoms. The second-order valence-electron chi connectivity index (χ2n) is 8.20. The molecule has 184 valence electrons. The second-order valence-corrected chi connectivity index (χ2v) is 8.20. The summed E-state index contributed by atoms with van der Waals surface area (Å²) >= 11 is 0. The van der Waals surface area contributed by atoms with Crippen LogP contribution in [0.2, 0.25) is 0 Å². The monoisotopic (exact) mass is 496 g/mol. The van der Waals surface area contributed by atoms with Gasteiger partial charge in [0.2, 0.25) is 5.43 Å². The van der Waals surface area contributed by atoms with Crippen molar-refractivity contribution < 1.29 is 18.7 Å². The quantitative estimate of drug-likeness (QED) is 0.348. The van der Waals surface area contributed by atoms with E-state index in [9.17, 15) is 14.0 Å². The number of hydrogen-bond donors (Lipinski definition) is 1. The Morgan fingerprint density at radius 3 is 2.57 bits per heavy atom. The van der Waals surface area contributed by atoms with Crippen molar-refractivity contribution in [2.24, 2.45) is 7.05 Å². The zero-order valence-electron chi connectivity index (χ0n) is 19.9. The van der Waals surface area contributed by atoms with Crippen molar-refractivity contribution in [1.82, 2.24) is 14.5 Å². The standard InChI is InChI=1S/C28H21FN4O4/c1-33-15-20(17-6-4-3-5-7-17)27(34)21(16-33)28(35)32-18-8-9-24(22(29)12-18)37-25-10-11-30-23-13-19(36-2)14-31-26(23)25/h3-16H,1-2H3,(H,32,35). The molecule has 0 bridgehead atoms. The van der Waals surface area contributed by atoms with Gasteiger partial charge in [0, 0.05) is 55.1 Å². The molecule has 5 aromatic rings. The van der Waals surface area contributed by atoms with Gasteiger partial charge in [-0.3, -0.25) is 14.6 Å². The highest BCUT2D eigenvalue weighted by atomic mass is 19.1. The van der Waals surface area contributed by atoms with E-state index in [0.29, 0.717) is 33.7 Å². The molecule has 0 unspecified atom stereocenters. The number of hydrogen-bond acceptors (Lipinski definition) is 6. The van der Waals surface area contributed by atoms with Crippen LogP contribution in [0.1, 0.15) is 10.4 Å². The first-order chi connectivity index (χ1) is 17.9. The zero-order chi connectivity index (χ0) is 25.9. The number of nitrogens with one attached hydrogen (secondary N) is 1. The van der Waals surface area contributed by atoms with Crippen LogP contribution in [0.25, 0.3) is 22.2 Å². The van der Waals surface area contributed by atoms with Crippen molar-refractivity contribution in [2.45, 2.75) is 0 Å². The highest BCUT2D eigenvalue weighted by Crippen LogP contribution is 2.31. The first kappa shape index (κ1) is 23.7. The highest BCUT2D eigenvalue weighted by molar-refractivity contribution is 6.04. The first-order valence-corrected chi connectivity index (χ1v) is 11.3. The van der Waals surface area contributed by atoms with Crippen LogP contribution in [0.15, 0.2) is 90.2 Å². The smallest absolute Gasteiger partial charge is 0.261 e. The van der Waals surface area contributed by atoms with Gasteiger partial charge in [-0.2, -0.15) is 0 Å². The molecule has 0 atom stereocenters. The van der Waals surface area contributed by atoms with Gasteiger partial charge in [-0.1, -0.05) is 30.3 Å². The van der Waals surface area contributed by atoms with Gasteiger partial charge in [0.25, 0.3) is 5.91 Å². The van der Waals surface area contributed by atoms with E-state index in [1.54, 1.807) is 42.1 Å². The minimum atomic E-state index is -0.706. The molecular weight excluding hydrogens is 475 g/mol. The maximum absolute atomic E-state index is 14.9. The van der Waals surface area contributed by atoms with Gasteiger partial charge in [0.15, 0.2) is 17.3 Å². The van der Waals surface area contributed by atoms with E-state index in [0.717, 1.165) is 6.07 Å². The molecule has 5 rings (SSSR count). The number of aryl methyl sites for hydroxylation is 1. The Bertz CT molecular complexity index is 1690. The lowest BCUT2D eigenvalue weighted by atomic mass is 10.0. The maximum Gasteiger partial charge on any atom is 0.261 e. The SMILES string of the molecule is COc1cnc2c(Oc3ccc(NC(=O)c4cn(C)cc(-c5ccccc5)c4=O)cc3F)ccnc2c1. The van der Waals surface area contributed by atoms with E-state index in [-0.39, 0.29) is 17.0 Å². The third-order valence-electron chi connectivity index (χ3n) is 5.64. The van der Waals surface area contributed by atoms with Crippen LogP contribution in [-0.4, -0.2) is 27.6 Å². The summed E-state index contributed by atoms with van der Waals surface area (Å²) in [6.07, 6.45) is 6.14. The van der Waals surface area contributed by atoms with Crippen LogP contribution in [0.5, 0.6) is 17.2 Å². The Morgan fingerprint density at radius 1 is 1.00 bits per heavy atom. The van der Waals surface area contributed by atoms with E-state index >= 15 is 0 Å². The van der Waals surface area contributed by atoms with Gasteiger partial charge in [0.1, 0.15) is 16.8 Å². The van der Waals surface area contributed by atoms with Crippen molar-refractivity contribution >= 4 is 22.6 Å². The van der Waals surface area contributed by atoms with Crippen LogP contribution in [0, 0.1) is 5.82 Å². The van der Waals surface area contributed by atoms with Crippen molar-refractivity contribution in [1.29, 1.82) is 0 Å². The number of halogens is 1. The van der Waals surface area contributed by atoms with Crippen LogP contribution in [0.3, 0.4) is 0 Å². The van der Waals surface area contributed by atoms with E-state index in [1.807, 2.05) is 18.2 Å². The van der Waals surface area contributed by atoms with Crippen LogP contribution >= 0.6 is 0 Å². The fraction of sp³-hybridized carbons (Fsp3) is 0.0714. The maximum atomic E-state index is 14.9. The molecule has 0 saturated heterocycles. The number of fused-ring (bicyclic) bond motifs is 1. The molecule has 2 aromatic carbocycles. The topological polar surface area (TPSA) is 95.3 Å². The molecule has 37 heavy (non-hydrogen) atoms. The molecule has 9 heteroatoms. The van der Waals surface area contributed by atoms with E-state index in [2.05, 4.69) is 15.3 Å². The molecule has 0 saturated carbocycles. The lowest BCUT2D eigenvalue weighted by Crippen LogP contribution is -2.24. The molecule has 8 nitrogen and oxygen atoms in total. The first-order valence-electron chi connectivity index (χ1n) is 11.3. The fourth-order valence-corrected chi connectivity index (χ4v) is 3.85. The Balaban J connectivity index is 1.39. The average Bonchev–Trinajstić information content (AvgIpc) is 2.91. The number of ether oxygens (including phenoxy) is 2. The summed E-state index contributed by atoms with van der Waals surface area (Å²) in [5.74, 6) is -0.575. The molecule has 0 aliphatic rings. The van der Waals surface area contributed by atoms with Gasteiger partial charge in [-0.25, -0.2) is 9.37 Å². The van der Waals surface area contributed by atoms with Crippen LogP contribution in [-0.2, 0) is 7.05 Å². The van der Waals surface area contributed by atoms with Gasteiger partial charge >= 0.3 is 0 Å². The van der Waals surface area contributed by atoms with Gasteiger partial charge in [-0.15, -0.1) is 0 Å². The molecule has 0 radical (unpaired) electrons. The number of pyridine rings is 3. The molecule has 0 fully saturated rings. The number of carbonyl (C=O) groups is 1. The summed E-state index contributed by atoms with van der Waals surface area (Å²) in [4.78, 5) is 34.5. The molecule has 3 aromatic heterocycles. The number of methoxy groups -OCH3 is 1. The lowest BCUT2D eigenvalue weighted by Gasteiger charge is -2.12. The zero-order valence-corrected chi connectivity index (χ0v) is 19.9. The predicted octanol–water partition coefficient (Wildman–Crippen LogP) is 5.19. The second kappa shape index (κ2) is 9.90. The Morgan fingerprint density at radius 2 is 1.81 bits per heavy atom. The number of benzene rings is 2. The summed E-state index contributed by atoms with van der Waals surface area (Å²) in [5, 5.41) is 2.60. The van der Waals surface area contributed by atoms with Crippen molar-refractivity contribution in [3.63, 3.8) is 0 Å². The Kier molecular flexibility index (Phi) is 6.34. The minimum Gasteiger partial charge on any atom is -0.495 e. The minimum absolute atomic E-state index is 0.0608. The normalized spacial score (nSPS) is 10.8. The number of anilines is 1. The van der Waals surface area contributed by atoms with Crippen molar-refractivity contribution in [3.05, 3.63) is 107 Å². The summed E-state index contributed by atoms with van der Waals surface area (Å²) in [7, 11) is 3.25. The van der Waals surface area contributed by atoms with Crippen molar-refractivity contribution in [3.8, 4) is 28.4 Å². The molecule has 1 amide bonds. The number of rotatable bonds is 6. The van der Waals surface area contributed by atoms with Gasteiger partial charge < -0.3 is 19.4 Å². The van der Waals surface area contributed by atoms with Crippen LogP contribution < -0.4 is 20.2 Å². The predicted molar refractivity (Wildman–Crippen MR) is 138 cm³/mol. The molecule has 3 heterocycles. The van der Waals surface area contributed by atoms with Gasteiger partial charge in [-0.05, 0) is 17.7 Å². The Labute approximate surface area is 211 Å². The van der Waals surface area contributed by atoms with Crippen LogP contribution in [0.4, 0.5) is 10.1 Å². The summed E-state index contributed by atoms with van der Waals surface area (Å²) < 4.78 is 27.5. The molecule has 0 aliphatic heterocycles. The van der Waals surface area contributed by atoms with E-state index < -0.39 is 17.2 Å². The summed E-state index contributed by atoms with van der Waals surface area (Å²) in [6.45, 7) is 0. The lowest BCUT2D eigenvalue weighted by molar-refractivity contribution is 0.102. The van der Waals surface area contributed by atoms with Crippen molar-refractivity contribution in [2.75, 3.05) is 12.4 Å². The van der Waals surface area contributed by atoms with E-state index in [4.69, 9.17) is 9.47 Å². The summed E-state index contributed by atoms with van der Waals surface area (Å²) in [5.41, 5.74) is 1.74. The Hall–Kier alpha value is -5.05. The number of amides is 1. The molecular formula is C28H21FN4O4. The largest absolute Gasteiger partial charge is 0.495 e. The third-order valence-corrected chi connectivity index (χ3v) is 5.64. The number of nitrogens with zero attached hydrogens (tertiary/aromatic N) is 3. The molecule has 1 N–H and O–H groups in total. The number of aromatic nitrogens is 3.